The third kappa shape index (κ3) is 6.42. The van der Waals surface area contributed by atoms with E-state index in [0.29, 0.717) is 0 Å². The van der Waals surface area contributed by atoms with Crippen molar-refractivity contribution in [1.29, 1.82) is 0 Å². The lowest BCUT2D eigenvalue weighted by atomic mass is 9.88. The Labute approximate surface area is 149 Å². The van der Waals surface area contributed by atoms with Crippen LogP contribution in [0.3, 0.4) is 0 Å². The van der Waals surface area contributed by atoms with E-state index >= 15 is 0 Å². The third-order valence-electron chi connectivity index (χ3n) is 3.64. The first kappa shape index (κ1) is 18.7. The van der Waals surface area contributed by atoms with Gasteiger partial charge in [0.25, 0.3) is 0 Å². The minimum Gasteiger partial charge on any atom is -0.459 e. The van der Waals surface area contributed by atoms with Gasteiger partial charge in [-0.2, -0.15) is 0 Å². The van der Waals surface area contributed by atoms with Crippen molar-refractivity contribution in [2.24, 2.45) is 0 Å². The molecule has 0 saturated carbocycles. The number of rotatable bonds is 6. The van der Waals surface area contributed by atoms with Crippen LogP contribution in [0.2, 0.25) is 0 Å². The number of nitrogens with one attached hydrogen (secondary N) is 1. The Hall–Kier alpha value is -2.62. The molecule has 2 rings (SSSR count). The number of esters is 1. The lowest BCUT2D eigenvalue weighted by Crippen LogP contribution is -2.35. The van der Waals surface area contributed by atoms with Crippen LogP contribution in [0.1, 0.15) is 44.2 Å². The van der Waals surface area contributed by atoms with Gasteiger partial charge in [-0.25, -0.2) is 0 Å². The van der Waals surface area contributed by atoms with E-state index < -0.39 is 11.6 Å². The lowest BCUT2D eigenvalue weighted by Gasteiger charge is -2.20. The Morgan fingerprint density at radius 1 is 0.920 bits per heavy atom. The van der Waals surface area contributed by atoms with E-state index in [2.05, 4.69) is 5.32 Å². The van der Waals surface area contributed by atoms with Gasteiger partial charge < -0.3 is 10.1 Å². The van der Waals surface area contributed by atoms with E-state index in [1.165, 1.54) is 0 Å². The standard InChI is InChI=1S/C21H25NO3/c1-21(2,3)25-20(24)15-22-19(23)14-18(16-10-6-4-7-11-16)17-12-8-5-9-13-17/h4-13,18H,14-15H2,1-3H3,(H,22,23). The topological polar surface area (TPSA) is 55.4 Å². The summed E-state index contributed by atoms with van der Waals surface area (Å²) in [5.74, 6) is -0.665. The SMILES string of the molecule is CC(C)(C)OC(=O)CNC(=O)CC(c1ccccc1)c1ccccc1. The van der Waals surface area contributed by atoms with E-state index in [1.807, 2.05) is 60.7 Å². The number of amides is 1. The van der Waals surface area contributed by atoms with Crippen LogP contribution in [0.25, 0.3) is 0 Å². The maximum absolute atomic E-state index is 12.4. The van der Waals surface area contributed by atoms with Crippen LogP contribution < -0.4 is 5.32 Å². The maximum atomic E-state index is 12.4. The molecule has 132 valence electrons. The zero-order valence-electron chi connectivity index (χ0n) is 15.0. The highest BCUT2D eigenvalue weighted by Gasteiger charge is 2.20. The van der Waals surface area contributed by atoms with Gasteiger partial charge in [0.15, 0.2) is 0 Å². The van der Waals surface area contributed by atoms with E-state index in [0.717, 1.165) is 11.1 Å². The lowest BCUT2D eigenvalue weighted by molar-refractivity contribution is -0.154. The summed E-state index contributed by atoms with van der Waals surface area (Å²) in [5.41, 5.74) is 1.58. The van der Waals surface area contributed by atoms with Gasteiger partial charge in [-0.05, 0) is 31.9 Å². The molecule has 0 atom stereocenters. The van der Waals surface area contributed by atoms with Gasteiger partial charge >= 0.3 is 5.97 Å². The van der Waals surface area contributed by atoms with E-state index in [-0.39, 0.29) is 24.8 Å². The number of carbonyl (C=O) groups excluding carboxylic acids is 2. The van der Waals surface area contributed by atoms with Crippen molar-refractivity contribution in [1.82, 2.24) is 5.32 Å². The minimum atomic E-state index is -0.557. The fraction of sp³-hybridized carbons (Fsp3) is 0.333. The van der Waals surface area contributed by atoms with E-state index in [4.69, 9.17) is 4.74 Å². The highest BCUT2D eigenvalue weighted by Crippen LogP contribution is 2.27. The monoisotopic (exact) mass is 339 g/mol. The number of benzene rings is 2. The fourth-order valence-corrected chi connectivity index (χ4v) is 2.60. The molecule has 2 aromatic rings. The maximum Gasteiger partial charge on any atom is 0.325 e. The molecule has 0 aliphatic carbocycles. The largest absolute Gasteiger partial charge is 0.459 e. The predicted molar refractivity (Wildman–Crippen MR) is 98.2 cm³/mol. The van der Waals surface area contributed by atoms with Crippen LogP contribution in [-0.2, 0) is 14.3 Å². The molecule has 1 N–H and O–H groups in total. The summed E-state index contributed by atoms with van der Waals surface area (Å²) in [5, 5.41) is 2.66. The number of ether oxygens (including phenoxy) is 1. The van der Waals surface area contributed by atoms with Gasteiger partial charge in [-0.1, -0.05) is 60.7 Å². The van der Waals surface area contributed by atoms with Crippen LogP contribution in [0, 0.1) is 0 Å². The van der Waals surface area contributed by atoms with Crippen molar-refractivity contribution in [3.05, 3.63) is 71.8 Å². The molecule has 0 radical (unpaired) electrons. The molecule has 0 aromatic heterocycles. The first-order chi connectivity index (χ1) is 11.8. The summed E-state index contributed by atoms with van der Waals surface area (Å²) in [6.07, 6.45) is 0.275. The zero-order chi connectivity index (χ0) is 18.3. The van der Waals surface area contributed by atoms with Gasteiger partial charge in [-0.3, -0.25) is 9.59 Å². The van der Waals surface area contributed by atoms with Crippen molar-refractivity contribution in [3.8, 4) is 0 Å². The molecule has 2 aromatic carbocycles. The smallest absolute Gasteiger partial charge is 0.325 e. The Bertz CT molecular complexity index is 651. The molecular weight excluding hydrogens is 314 g/mol. The number of hydrogen-bond acceptors (Lipinski definition) is 3. The third-order valence-corrected chi connectivity index (χ3v) is 3.64. The molecule has 25 heavy (non-hydrogen) atoms. The second-order valence-electron chi connectivity index (χ2n) is 6.94. The van der Waals surface area contributed by atoms with Crippen LogP contribution in [0.5, 0.6) is 0 Å². The zero-order valence-corrected chi connectivity index (χ0v) is 15.0. The van der Waals surface area contributed by atoms with Crippen LogP contribution in [-0.4, -0.2) is 24.0 Å². The molecule has 0 aliphatic rings. The summed E-state index contributed by atoms with van der Waals surface area (Å²) in [6, 6.07) is 19.8. The molecule has 0 heterocycles. The molecule has 0 spiro atoms. The second-order valence-corrected chi connectivity index (χ2v) is 6.94. The summed E-state index contributed by atoms with van der Waals surface area (Å²) < 4.78 is 5.21. The Morgan fingerprint density at radius 3 is 1.84 bits per heavy atom. The van der Waals surface area contributed by atoms with Gasteiger partial charge in [0.1, 0.15) is 12.1 Å². The van der Waals surface area contributed by atoms with E-state index in [9.17, 15) is 9.59 Å². The van der Waals surface area contributed by atoms with Gasteiger partial charge in [0.05, 0.1) is 0 Å². The normalized spacial score (nSPS) is 11.2. The first-order valence-electron chi connectivity index (χ1n) is 8.43. The molecule has 0 bridgehead atoms. The van der Waals surface area contributed by atoms with Crippen LogP contribution >= 0.6 is 0 Å². The molecule has 0 saturated heterocycles. The van der Waals surface area contributed by atoms with Crippen molar-refractivity contribution in [2.45, 2.75) is 38.7 Å². The molecular formula is C21H25NO3. The molecule has 0 aliphatic heterocycles. The number of carbonyl (C=O) groups is 2. The fourth-order valence-electron chi connectivity index (χ4n) is 2.60. The highest BCUT2D eigenvalue weighted by molar-refractivity contribution is 5.82. The van der Waals surface area contributed by atoms with Crippen LogP contribution in [0.15, 0.2) is 60.7 Å². The predicted octanol–water partition coefficient (Wildman–Crippen LogP) is 3.67. The average molecular weight is 339 g/mol. The molecule has 4 nitrogen and oxygen atoms in total. The second kappa shape index (κ2) is 8.47. The van der Waals surface area contributed by atoms with Crippen molar-refractivity contribution in [2.75, 3.05) is 6.54 Å². The van der Waals surface area contributed by atoms with Crippen molar-refractivity contribution < 1.29 is 14.3 Å². The summed E-state index contributed by atoms with van der Waals surface area (Å²) in [6.45, 7) is 5.28. The van der Waals surface area contributed by atoms with Crippen molar-refractivity contribution >= 4 is 11.9 Å². The summed E-state index contributed by atoms with van der Waals surface area (Å²) in [7, 11) is 0. The quantitative estimate of drug-likeness (QED) is 0.817. The van der Waals surface area contributed by atoms with Crippen LogP contribution in [0.4, 0.5) is 0 Å². The van der Waals surface area contributed by atoms with Gasteiger partial charge in [-0.15, -0.1) is 0 Å². The molecule has 0 unspecified atom stereocenters. The Morgan fingerprint density at radius 2 is 1.40 bits per heavy atom. The molecule has 4 heteroatoms. The molecule has 0 fully saturated rings. The van der Waals surface area contributed by atoms with Gasteiger partial charge in [0.2, 0.25) is 5.91 Å². The number of hydrogen-bond donors (Lipinski definition) is 1. The Kier molecular flexibility index (Phi) is 6.34. The van der Waals surface area contributed by atoms with E-state index in [1.54, 1.807) is 20.8 Å². The Balaban J connectivity index is 2.02. The first-order valence-corrected chi connectivity index (χ1v) is 8.43. The molecule has 1 amide bonds. The summed E-state index contributed by atoms with van der Waals surface area (Å²) in [4.78, 5) is 24.1. The summed E-state index contributed by atoms with van der Waals surface area (Å²) >= 11 is 0. The van der Waals surface area contributed by atoms with Gasteiger partial charge in [0, 0.05) is 12.3 Å². The van der Waals surface area contributed by atoms with Crippen molar-refractivity contribution in [3.63, 3.8) is 0 Å². The highest BCUT2D eigenvalue weighted by atomic mass is 16.6. The minimum absolute atomic E-state index is 0.0546. The average Bonchev–Trinajstić information content (AvgIpc) is 2.58.